The lowest BCUT2D eigenvalue weighted by Crippen LogP contribution is -2.11. The molecular weight excluding hydrogens is 390 g/mol. The van der Waals surface area contributed by atoms with Gasteiger partial charge in [0, 0.05) is 38.6 Å². The minimum Gasteiger partial charge on any atom is -0.479 e. The van der Waals surface area contributed by atoms with Crippen LogP contribution in [-0.2, 0) is 0 Å². The van der Waals surface area contributed by atoms with Gasteiger partial charge in [-0.3, -0.25) is 0 Å². The van der Waals surface area contributed by atoms with E-state index in [1.165, 1.54) is 6.33 Å². The summed E-state index contributed by atoms with van der Waals surface area (Å²) in [4.78, 5) is 8.08. The van der Waals surface area contributed by atoms with Crippen molar-refractivity contribution in [3.05, 3.63) is 86.3 Å². The lowest BCUT2D eigenvalue weighted by molar-refractivity contribution is 0.246. The largest absolute Gasteiger partial charge is 0.479 e. The highest BCUT2D eigenvalue weighted by atomic mass is 35.5. The molecule has 122 valence electrons. The van der Waals surface area contributed by atoms with E-state index < -0.39 is 6.10 Å². The molecule has 1 aromatic heterocycles. The van der Waals surface area contributed by atoms with Crippen LogP contribution >= 0.6 is 46.4 Å². The molecule has 0 aliphatic heterocycles. The van der Waals surface area contributed by atoms with E-state index in [9.17, 15) is 0 Å². The van der Waals surface area contributed by atoms with Gasteiger partial charge in [-0.05, 0) is 30.3 Å². The van der Waals surface area contributed by atoms with E-state index in [0.717, 1.165) is 11.1 Å². The first-order chi connectivity index (χ1) is 11.5. The standard InChI is InChI=1S/C17H10Cl4N2O/c18-11-1-3-13(14(20)5-11)17(10-7-22-9-23-8-10)24-16-4-2-12(19)6-15(16)21/h1-9,17H. The van der Waals surface area contributed by atoms with Crippen molar-refractivity contribution in [3.63, 3.8) is 0 Å². The van der Waals surface area contributed by atoms with Crippen molar-refractivity contribution >= 4 is 46.4 Å². The lowest BCUT2D eigenvalue weighted by Gasteiger charge is -2.21. The van der Waals surface area contributed by atoms with Gasteiger partial charge in [0.2, 0.25) is 0 Å². The molecule has 1 unspecified atom stereocenters. The molecule has 0 bridgehead atoms. The number of ether oxygens (including phenoxy) is 1. The number of benzene rings is 2. The summed E-state index contributed by atoms with van der Waals surface area (Å²) in [5.41, 5.74) is 1.45. The summed E-state index contributed by atoms with van der Waals surface area (Å²) in [6, 6.07) is 10.2. The number of rotatable bonds is 4. The number of halogens is 4. The second kappa shape index (κ2) is 7.58. The Hall–Kier alpha value is -1.52. The van der Waals surface area contributed by atoms with Crippen LogP contribution in [0.25, 0.3) is 0 Å². The van der Waals surface area contributed by atoms with Gasteiger partial charge in [0.1, 0.15) is 12.1 Å². The molecule has 0 saturated carbocycles. The van der Waals surface area contributed by atoms with Crippen LogP contribution in [0.15, 0.2) is 55.1 Å². The Kier molecular flexibility index (Phi) is 5.47. The molecule has 3 rings (SSSR count). The van der Waals surface area contributed by atoms with E-state index in [4.69, 9.17) is 51.1 Å². The van der Waals surface area contributed by atoms with E-state index in [2.05, 4.69) is 9.97 Å². The fourth-order valence-corrected chi connectivity index (χ4v) is 3.13. The third-order valence-electron chi connectivity index (χ3n) is 3.27. The molecular formula is C17H10Cl4N2O. The predicted molar refractivity (Wildman–Crippen MR) is 97.4 cm³/mol. The molecule has 0 fully saturated rings. The Balaban J connectivity index is 2.05. The fourth-order valence-electron chi connectivity index (χ4n) is 2.17. The van der Waals surface area contributed by atoms with Crippen LogP contribution in [-0.4, -0.2) is 9.97 Å². The maximum absolute atomic E-state index is 6.35. The normalized spacial score (nSPS) is 12.0. The topological polar surface area (TPSA) is 35.0 Å². The molecule has 0 radical (unpaired) electrons. The Morgan fingerprint density at radius 1 is 0.792 bits per heavy atom. The maximum Gasteiger partial charge on any atom is 0.153 e. The van der Waals surface area contributed by atoms with Crippen molar-refractivity contribution in [1.82, 2.24) is 9.97 Å². The summed E-state index contributed by atoms with van der Waals surface area (Å²) in [6.07, 6.45) is 4.22. The Bertz CT molecular complexity index is 858. The van der Waals surface area contributed by atoms with Gasteiger partial charge in [-0.2, -0.15) is 0 Å². The zero-order chi connectivity index (χ0) is 17.1. The van der Waals surface area contributed by atoms with Gasteiger partial charge in [0.25, 0.3) is 0 Å². The molecule has 7 heteroatoms. The quantitative estimate of drug-likeness (QED) is 0.519. The second-order valence-electron chi connectivity index (χ2n) is 4.91. The number of hydrogen-bond donors (Lipinski definition) is 0. The van der Waals surface area contributed by atoms with Gasteiger partial charge in [0.05, 0.1) is 5.02 Å². The molecule has 1 heterocycles. The number of nitrogens with zero attached hydrogens (tertiary/aromatic N) is 2. The van der Waals surface area contributed by atoms with E-state index >= 15 is 0 Å². The molecule has 0 N–H and O–H groups in total. The number of hydrogen-bond acceptors (Lipinski definition) is 3. The van der Waals surface area contributed by atoms with Gasteiger partial charge >= 0.3 is 0 Å². The van der Waals surface area contributed by atoms with E-state index in [-0.39, 0.29) is 0 Å². The monoisotopic (exact) mass is 398 g/mol. The summed E-state index contributed by atoms with van der Waals surface area (Å²) in [7, 11) is 0. The van der Waals surface area contributed by atoms with Crippen LogP contribution in [0.5, 0.6) is 5.75 Å². The Labute approximate surface area is 159 Å². The molecule has 1 atom stereocenters. The molecule has 0 aliphatic carbocycles. The number of aromatic nitrogens is 2. The minimum atomic E-state index is -0.547. The van der Waals surface area contributed by atoms with Crippen molar-refractivity contribution in [1.29, 1.82) is 0 Å². The molecule has 3 aromatic rings. The van der Waals surface area contributed by atoms with Crippen molar-refractivity contribution in [3.8, 4) is 5.75 Å². The Morgan fingerprint density at radius 3 is 2.04 bits per heavy atom. The van der Waals surface area contributed by atoms with Gasteiger partial charge < -0.3 is 4.74 Å². The van der Waals surface area contributed by atoms with Crippen molar-refractivity contribution < 1.29 is 4.74 Å². The minimum absolute atomic E-state index is 0.398. The van der Waals surface area contributed by atoms with Crippen LogP contribution in [0.1, 0.15) is 17.2 Å². The van der Waals surface area contributed by atoms with Gasteiger partial charge in [-0.15, -0.1) is 0 Å². The molecule has 2 aromatic carbocycles. The highest BCUT2D eigenvalue weighted by molar-refractivity contribution is 6.36. The van der Waals surface area contributed by atoms with Crippen LogP contribution in [0.4, 0.5) is 0 Å². The molecule has 3 nitrogen and oxygen atoms in total. The average Bonchev–Trinajstić information content (AvgIpc) is 2.56. The first-order valence-corrected chi connectivity index (χ1v) is 8.37. The van der Waals surface area contributed by atoms with Crippen LogP contribution in [0.2, 0.25) is 20.1 Å². The van der Waals surface area contributed by atoms with Crippen LogP contribution < -0.4 is 4.74 Å². The summed E-state index contributed by atoms with van der Waals surface area (Å²) in [5, 5.41) is 1.93. The SMILES string of the molecule is Clc1ccc(OC(c2cncnc2)c2ccc(Cl)cc2Cl)c(Cl)c1. The first-order valence-electron chi connectivity index (χ1n) is 6.86. The second-order valence-corrected chi connectivity index (χ2v) is 6.60. The van der Waals surface area contributed by atoms with Crippen molar-refractivity contribution in [2.75, 3.05) is 0 Å². The maximum atomic E-state index is 6.35. The summed E-state index contributed by atoms with van der Waals surface area (Å²) >= 11 is 24.5. The van der Waals surface area contributed by atoms with Gasteiger partial charge in [0.15, 0.2) is 6.10 Å². The summed E-state index contributed by atoms with van der Waals surface area (Å²) in [5.74, 6) is 0.473. The van der Waals surface area contributed by atoms with E-state index in [0.29, 0.717) is 25.8 Å². The zero-order valence-corrected chi connectivity index (χ0v) is 15.1. The average molecular weight is 400 g/mol. The predicted octanol–water partition coefficient (Wildman–Crippen LogP) is 6.26. The third-order valence-corrected chi connectivity index (χ3v) is 4.36. The van der Waals surface area contributed by atoms with E-state index in [1.54, 1.807) is 48.8 Å². The molecule has 0 saturated heterocycles. The molecule has 0 spiro atoms. The smallest absolute Gasteiger partial charge is 0.153 e. The summed E-state index contributed by atoms with van der Waals surface area (Å²) in [6.45, 7) is 0. The summed E-state index contributed by atoms with van der Waals surface area (Å²) < 4.78 is 6.09. The van der Waals surface area contributed by atoms with Gasteiger partial charge in [-0.1, -0.05) is 52.5 Å². The Morgan fingerprint density at radius 2 is 1.42 bits per heavy atom. The third kappa shape index (κ3) is 3.93. The van der Waals surface area contributed by atoms with Crippen LogP contribution in [0.3, 0.4) is 0 Å². The van der Waals surface area contributed by atoms with Crippen molar-refractivity contribution in [2.45, 2.75) is 6.10 Å². The van der Waals surface area contributed by atoms with E-state index in [1.807, 2.05) is 0 Å². The van der Waals surface area contributed by atoms with Crippen LogP contribution in [0, 0.1) is 0 Å². The molecule has 0 amide bonds. The van der Waals surface area contributed by atoms with Crippen molar-refractivity contribution in [2.24, 2.45) is 0 Å². The fraction of sp³-hybridized carbons (Fsp3) is 0.0588. The molecule has 0 aliphatic rings. The zero-order valence-electron chi connectivity index (χ0n) is 12.1. The van der Waals surface area contributed by atoms with Gasteiger partial charge in [-0.25, -0.2) is 9.97 Å². The lowest BCUT2D eigenvalue weighted by atomic mass is 10.0. The molecule has 24 heavy (non-hydrogen) atoms. The highest BCUT2D eigenvalue weighted by Crippen LogP contribution is 2.37. The highest BCUT2D eigenvalue weighted by Gasteiger charge is 2.21. The first kappa shape index (κ1) is 17.3.